The molecule has 7 aromatic rings. The van der Waals surface area contributed by atoms with Gasteiger partial charge in [0.1, 0.15) is 83.4 Å². The quantitative estimate of drug-likeness (QED) is 0.0254. The first kappa shape index (κ1) is 104. The number of Topliss-reactive ketones (excluding diaryl/α,β-unsaturated/α-hetero) is 2. The second-order valence-corrected chi connectivity index (χ2v) is 38.1. The van der Waals surface area contributed by atoms with Crippen LogP contribution in [0.3, 0.4) is 0 Å². The van der Waals surface area contributed by atoms with Crippen LogP contribution in [0.2, 0.25) is 15.1 Å². The number of aliphatic hydroxyl groups is 6. The number of carboxylic acids is 1. The van der Waals surface area contributed by atoms with Gasteiger partial charge in [-0.25, -0.2) is 4.79 Å². The van der Waals surface area contributed by atoms with Crippen LogP contribution in [-0.2, 0) is 78.2 Å². The van der Waals surface area contributed by atoms with Gasteiger partial charge >= 0.3 is 5.97 Å². The van der Waals surface area contributed by atoms with Crippen molar-refractivity contribution in [3.63, 3.8) is 0 Å². The Morgan fingerprint density at radius 3 is 1.90 bits per heavy atom. The predicted octanol–water partition coefficient (Wildman–Crippen LogP) is 6.59. The van der Waals surface area contributed by atoms with E-state index in [9.17, 15) is 70.2 Å². The minimum absolute atomic E-state index is 0.0910. The van der Waals surface area contributed by atoms with Crippen molar-refractivity contribution in [3.8, 4) is 68.2 Å². The molecule has 0 saturated carbocycles. The van der Waals surface area contributed by atoms with Gasteiger partial charge in [0.15, 0.2) is 47.8 Å². The number of hydrogen-bond acceptors (Lipinski definition) is 30. The van der Waals surface area contributed by atoms with Crippen molar-refractivity contribution in [2.24, 2.45) is 35.0 Å². The number of aliphatic hydroxyl groups excluding tert-OH is 6. The average molecular weight is 1980 g/mol. The summed E-state index contributed by atoms with van der Waals surface area (Å²) in [6.07, 6.45) is -24.1. The molecule has 3 fully saturated rings. The lowest BCUT2D eigenvalue weighted by Crippen LogP contribution is -2.65. The number of amides is 7. The Hall–Kier alpha value is -11.3. The van der Waals surface area contributed by atoms with Crippen molar-refractivity contribution in [1.82, 2.24) is 36.8 Å². The molecule has 22 N–H and O–H groups in total. The number of nitrogens with zero attached hydrogens (tertiary/aromatic N) is 1. The third-order valence-corrected chi connectivity index (χ3v) is 26.8. The van der Waals surface area contributed by atoms with E-state index in [-0.39, 0.29) is 48.4 Å². The second kappa shape index (κ2) is 44.1. The molecule has 0 radical (unpaired) electrons. The lowest BCUT2D eigenvalue weighted by Gasteiger charge is -2.48. The standard InChI is InChI=1S/C97H115Cl3N10O28/c1-43(2)27-62(110(8)73(118)41-104-89(124)44(3)11-9-10-26-101)92(127)108-79-65(115)31-54(34-72(102)117)90(125)106-77-53-32-69(133-67-24-19-51(81(79)119)29-60(67)99)85(138-95-86(83(121)82(120)71(42-111)135-95)137-75-39-97(7,88(123)46(5)132-75)105-40-47-12-14-48(15-13-47)49-16-21-55(98)22-17-49)70(33-53)134-68-25-20-52(30-61(68)100)84(136-74-38-96(6,103)87(122)45(4)131-74)80-93(128)107-78(94(129)130)59-35-56(112)36-64(114)76(59)58-28-50(18-23-63(58)113)57(37-66(77)116)91(126)109-80/h12-25,28-30,32-33,35-36,43-46,54,57,62,71,74-75,77-84,86-88,95,105,111-114,119-123H,9-11,26-27,31,34,37-42,101,103H2,1-8H3,(H2,102,117)(H,104,124)(H,106,125)(H,107,128)(H,108,127)(H,109,126)(H,129,130). The van der Waals surface area contributed by atoms with E-state index >= 15 is 28.8 Å². The molecule has 138 heavy (non-hydrogen) atoms. The number of halogens is 3. The first-order valence-corrected chi connectivity index (χ1v) is 46.3. The van der Waals surface area contributed by atoms with Gasteiger partial charge in [0.2, 0.25) is 53.4 Å². The SMILES string of the molecule is CC(C)CC(C(=O)NC1C(=O)CC(CC(N)=O)C(=O)NC2C(=O)CC3C(=O)NC(C(=O)NC(C(=O)O)c4cc(O)cc(O)c4-c4cc3ccc4O)C(OC3CC(C)(N)C(O)C(C)O3)c3ccc(c(Cl)c3)Oc3cc2cc(c3OC2OC(CO)C(O)C(O)C2OC2CC(C)(NCc3ccc(-c4ccc(Cl)cc4)cc3)C(O)C(C)O2)Oc2ccc(cc2Cl)C1O)N(C)C(=O)CNC(=O)C(C)CCCCN. The van der Waals surface area contributed by atoms with Gasteiger partial charge < -0.3 is 143 Å². The Bertz CT molecular complexity index is 5710. The molecule has 23 unspecified atom stereocenters. The summed E-state index contributed by atoms with van der Waals surface area (Å²) >= 11 is 21.0. The molecule has 0 spiro atoms. The Labute approximate surface area is 808 Å². The molecule has 8 aliphatic heterocycles. The maximum atomic E-state index is 16.9. The van der Waals surface area contributed by atoms with Gasteiger partial charge in [0.05, 0.1) is 59.4 Å². The largest absolute Gasteiger partial charge is 0.508 e. The van der Waals surface area contributed by atoms with E-state index in [4.69, 9.17) is 89.9 Å². The number of carbonyl (C=O) groups is 10. The zero-order valence-corrected chi connectivity index (χ0v) is 78.9. The van der Waals surface area contributed by atoms with E-state index in [1.54, 1.807) is 46.8 Å². The van der Waals surface area contributed by atoms with Crippen LogP contribution in [0.1, 0.15) is 170 Å². The Balaban J connectivity index is 0.997. The van der Waals surface area contributed by atoms with Crippen LogP contribution in [-0.4, -0.2) is 239 Å². The molecule has 0 aliphatic carbocycles. The van der Waals surface area contributed by atoms with Crippen LogP contribution in [0.5, 0.6) is 46.0 Å². The number of benzene rings is 7. The fourth-order valence-corrected chi connectivity index (χ4v) is 18.7. The fraction of sp³-hybridized carbons (Fsp3) is 0.464. The van der Waals surface area contributed by atoms with E-state index in [1.165, 1.54) is 51.2 Å². The van der Waals surface area contributed by atoms with E-state index < -0.39 is 309 Å². The number of nitrogens with two attached hydrogens (primary N) is 3. The monoisotopic (exact) mass is 1970 g/mol. The van der Waals surface area contributed by atoms with Crippen LogP contribution in [0.25, 0.3) is 22.3 Å². The highest BCUT2D eigenvalue weighted by Crippen LogP contribution is 2.52. The van der Waals surface area contributed by atoms with Crippen molar-refractivity contribution < 1.29 is 137 Å². The number of likely N-dealkylation sites (N-methyl/N-ethyl adjacent to an activating group) is 1. The second-order valence-electron chi connectivity index (χ2n) is 36.9. The number of hydrogen-bond donors (Lipinski definition) is 19. The molecule has 7 amide bonds. The topological polar surface area (TPSA) is 600 Å². The number of carbonyl (C=O) groups excluding carboxylic acids is 9. The van der Waals surface area contributed by atoms with E-state index in [2.05, 4.69) is 31.9 Å². The smallest absolute Gasteiger partial charge is 0.330 e. The molecular weight excluding hydrogens is 1860 g/mol. The number of aliphatic carboxylic acids is 1. The lowest BCUT2D eigenvalue weighted by molar-refractivity contribution is -0.334. The predicted molar refractivity (Wildman–Crippen MR) is 497 cm³/mol. The first-order chi connectivity index (χ1) is 65.3. The molecule has 11 bridgehead atoms. The Morgan fingerprint density at radius 2 is 1.28 bits per heavy atom. The number of unbranched alkanes of at least 4 members (excludes halogenated alkanes) is 1. The number of rotatable bonds is 26. The summed E-state index contributed by atoms with van der Waals surface area (Å²) < 4.78 is 53.3. The molecule has 15 rings (SSSR count). The number of aromatic hydroxyl groups is 3. The minimum atomic E-state index is -2.32. The summed E-state index contributed by atoms with van der Waals surface area (Å²) in [6.45, 7) is 10.3. The molecule has 7 aromatic carbocycles. The molecular formula is C97H115Cl3N10O28. The minimum Gasteiger partial charge on any atom is -0.508 e. The molecule has 38 nitrogen and oxygen atoms in total. The molecule has 742 valence electrons. The van der Waals surface area contributed by atoms with E-state index in [1.807, 2.05) is 36.4 Å². The third-order valence-electron chi connectivity index (χ3n) is 26.0. The van der Waals surface area contributed by atoms with Crippen molar-refractivity contribution in [2.75, 3.05) is 26.7 Å². The van der Waals surface area contributed by atoms with Gasteiger partial charge in [-0.15, -0.1) is 0 Å². The summed E-state index contributed by atoms with van der Waals surface area (Å²) in [5, 5.41) is 134. The lowest BCUT2D eigenvalue weighted by atomic mass is 9.84. The summed E-state index contributed by atoms with van der Waals surface area (Å²) in [7, 11) is 1.29. The molecule has 23 atom stereocenters. The number of phenols is 3. The summed E-state index contributed by atoms with van der Waals surface area (Å²) in [6, 6.07) is 18.6. The zero-order valence-electron chi connectivity index (χ0n) is 76.7. The summed E-state index contributed by atoms with van der Waals surface area (Å²) in [4.78, 5) is 152. The highest BCUT2D eigenvalue weighted by atomic mass is 35.5. The van der Waals surface area contributed by atoms with Gasteiger partial charge in [-0.2, -0.15) is 0 Å². The van der Waals surface area contributed by atoms with Gasteiger partial charge in [-0.05, 0) is 165 Å². The number of fused-ring (bicyclic) bond motifs is 15. The molecule has 0 aromatic heterocycles. The molecule has 8 aliphatic rings. The number of ketones is 2. The third kappa shape index (κ3) is 23.7. The average Bonchev–Trinajstić information content (AvgIpc) is 0.796. The highest BCUT2D eigenvalue weighted by molar-refractivity contribution is 6.32. The molecule has 41 heteroatoms. The normalized spacial score (nSPS) is 28.3. The maximum absolute atomic E-state index is 16.9. The number of nitrogens with one attached hydrogen (secondary N) is 6. The summed E-state index contributed by atoms with van der Waals surface area (Å²) in [5.74, 6) is -21.9. The van der Waals surface area contributed by atoms with Gasteiger partial charge in [0, 0.05) is 90.5 Å². The number of carboxylic acid groups (broad SMARTS) is 1. The van der Waals surface area contributed by atoms with Crippen molar-refractivity contribution in [3.05, 3.63) is 176 Å². The first-order valence-electron chi connectivity index (χ1n) is 45.2. The van der Waals surface area contributed by atoms with E-state index in [0.29, 0.717) is 30.8 Å². The van der Waals surface area contributed by atoms with Gasteiger partial charge in [-0.1, -0.05) is 117 Å². The molecule has 3 saturated heterocycles. The number of primary amides is 1. The number of phenolic OH excluding ortho intramolecular Hbond substituents is 3. The highest BCUT2D eigenvalue weighted by Gasteiger charge is 2.54. The Kier molecular flexibility index (Phi) is 33.2. The van der Waals surface area contributed by atoms with Crippen LogP contribution < -0.4 is 63.3 Å². The fourth-order valence-electron chi connectivity index (χ4n) is 18.1. The van der Waals surface area contributed by atoms with E-state index in [0.717, 1.165) is 70.1 Å². The van der Waals surface area contributed by atoms with Crippen LogP contribution in [0.4, 0.5) is 0 Å². The zero-order chi connectivity index (χ0) is 100. The van der Waals surface area contributed by atoms with Crippen LogP contribution >= 0.6 is 34.8 Å². The van der Waals surface area contributed by atoms with Gasteiger partial charge in [-0.3, -0.25) is 43.2 Å². The van der Waals surface area contributed by atoms with Crippen molar-refractivity contribution in [2.45, 2.75) is 240 Å². The van der Waals surface area contributed by atoms with Crippen LogP contribution in [0.15, 0.2) is 127 Å². The Morgan fingerprint density at radius 1 is 0.659 bits per heavy atom. The van der Waals surface area contributed by atoms with Crippen molar-refractivity contribution >= 4 is 93.7 Å². The summed E-state index contributed by atoms with van der Waals surface area (Å²) in [5.41, 5.74) is 15.5. The van der Waals surface area contributed by atoms with Crippen molar-refractivity contribution in [1.29, 1.82) is 0 Å². The van der Waals surface area contributed by atoms with Gasteiger partial charge in [0.25, 0.3) is 0 Å². The number of ether oxygens (including phenoxy) is 8. The van der Waals surface area contributed by atoms with Crippen LogP contribution in [0, 0.1) is 17.8 Å². The molecule has 8 heterocycles. The maximum Gasteiger partial charge on any atom is 0.330 e.